The molecule has 0 aliphatic carbocycles. The summed E-state index contributed by atoms with van der Waals surface area (Å²) in [6.45, 7) is 5.22. The Morgan fingerprint density at radius 3 is 2.39 bits per heavy atom. The Balaban J connectivity index is 2.47. The number of hydrogen-bond acceptors (Lipinski definition) is 2. The maximum atomic E-state index is 11.1. The summed E-state index contributed by atoms with van der Waals surface area (Å²) < 4.78 is 5.35. The Morgan fingerprint density at radius 1 is 1.11 bits per heavy atom. The number of hydrogen-bond donors (Lipinski definition) is 0. The highest BCUT2D eigenvalue weighted by atomic mass is 28.1. The van der Waals surface area contributed by atoms with Crippen LogP contribution in [0.15, 0.2) is 36.4 Å². The van der Waals surface area contributed by atoms with E-state index < -0.39 is 5.60 Å². The van der Waals surface area contributed by atoms with Crippen LogP contribution in [-0.4, -0.2) is 16.2 Å². The maximum absolute atomic E-state index is 11.1. The molecule has 0 aromatic heterocycles. The molecule has 0 amide bonds. The Bertz CT molecular complexity index is 602. The lowest BCUT2D eigenvalue weighted by molar-refractivity contribution is -0.154. The van der Waals surface area contributed by atoms with Crippen molar-refractivity contribution in [1.82, 2.24) is 0 Å². The minimum Gasteiger partial charge on any atom is -0.455 e. The third kappa shape index (κ3) is 2.62. The van der Waals surface area contributed by atoms with Crippen LogP contribution in [0.5, 0.6) is 0 Å². The number of carbonyl (C=O) groups is 1. The van der Waals surface area contributed by atoms with E-state index in [9.17, 15) is 4.79 Å². The highest BCUT2D eigenvalue weighted by molar-refractivity contribution is 6.33. The van der Waals surface area contributed by atoms with Gasteiger partial charge in [-0.1, -0.05) is 35.5 Å². The van der Waals surface area contributed by atoms with Gasteiger partial charge < -0.3 is 4.74 Å². The van der Waals surface area contributed by atoms with E-state index in [1.54, 1.807) is 0 Å². The Hall–Kier alpha value is -1.61. The molecule has 0 saturated carbocycles. The number of ether oxygens (including phenoxy) is 1. The SMILES string of the molecule is CC(=O)OC(C)(C)c1ccc2cc([Si])ccc2c1. The van der Waals surface area contributed by atoms with Gasteiger partial charge in [-0.25, -0.2) is 0 Å². The van der Waals surface area contributed by atoms with Gasteiger partial charge >= 0.3 is 5.97 Å². The second kappa shape index (κ2) is 4.57. The summed E-state index contributed by atoms with van der Waals surface area (Å²) in [4.78, 5) is 11.1. The summed E-state index contributed by atoms with van der Waals surface area (Å²) in [7, 11) is 3.50. The average molecular weight is 255 g/mol. The van der Waals surface area contributed by atoms with Crippen LogP contribution in [0.25, 0.3) is 10.8 Å². The van der Waals surface area contributed by atoms with E-state index in [1.807, 2.05) is 38.1 Å². The fourth-order valence-electron chi connectivity index (χ4n) is 2.04. The molecule has 2 rings (SSSR count). The zero-order valence-corrected chi connectivity index (χ0v) is 11.8. The number of esters is 1. The molecule has 0 fully saturated rings. The third-order valence-corrected chi connectivity index (χ3v) is 3.25. The van der Waals surface area contributed by atoms with E-state index in [0.717, 1.165) is 21.5 Å². The van der Waals surface area contributed by atoms with Crippen LogP contribution in [0.4, 0.5) is 0 Å². The zero-order valence-electron chi connectivity index (χ0n) is 10.8. The first kappa shape index (κ1) is 12.8. The van der Waals surface area contributed by atoms with Crippen LogP contribution < -0.4 is 5.19 Å². The van der Waals surface area contributed by atoms with Crippen LogP contribution in [0.2, 0.25) is 0 Å². The lowest BCUT2D eigenvalue weighted by Gasteiger charge is -2.25. The molecule has 0 bridgehead atoms. The monoisotopic (exact) mass is 255 g/mol. The normalized spacial score (nSPS) is 11.6. The Labute approximate surface area is 110 Å². The van der Waals surface area contributed by atoms with E-state index in [-0.39, 0.29) is 5.97 Å². The minimum absolute atomic E-state index is 0.268. The summed E-state index contributed by atoms with van der Waals surface area (Å²) in [6, 6.07) is 12.2. The van der Waals surface area contributed by atoms with Gasteiger partial charge in [-0.3, -0.25) is 4.79 Å². The number of rotatable bonds is 2. The van der Waals surface area contributed by atoms with Crippen LogP contribution in [0.1, 0.15) is 26.3 Å². The predicted octanol–water partition coefficient (Wildman–Crippen LogP) is 2.43. The summed E-state index contributed by atoms with van der Waals surface area (Å²) in [6.07, 6.45) is 0. The molecule has 0 aliphatic heterocycles. The summed E-state index contributed by atoms with van der Waals surface area (Å²) in [5.74, 6) is -0.268. The molecule has 3 radical (unpaired) electrons. The van der Waals surface area contributed by atoms with Crippen molar-refractivity contribution in [2.24, 2.45) is 0 Å². The van der Waals surface area contributed by atoms with Gasteiger partial charge in [-0.2, -0.15) is 0 Å². The van der Waals surface area contributed by atoms with Crippen molar-refractivity contribution >= 4 is 32.2 Å². The third-order valence-electron chi connectivity index (χ3n) is 2.93. The van der Waals surface area contributed by atoms with E-state index in [2.05, 4.69) is 22.4 Å². The van der Waals surface area contributed by atoms with E-state index in [1.165, 1.54) is 6.92 Å². The Morgan fingerprint density at radius 2 is 1.72 bits per heavy atom. The first-order chi connectivity index (χ1) is 8.38. The van der Waals surface area contributed by atoms with Gasteiger partial charge in [0.25, 0.3) is 0 Å². The maximum Gasteiger partial charge on any atom is 0.303 e. The van der Waals surface area contributed by atoms with Crippen molar-refractivity contribution in [2.75, 3.05) is 0 Å². The quantitative estimate of drug-likeness (QED) is 0.608. The molecule has 0 saturated heterocycles. The molecule has 0 spiro atoms. The topological polar surface area (TPSA) is 26.3 Å². The van der Waals surface area contributed by atoms with Gasteiger partial charge in [0, 0.05) is 6.92 Å². The Kier molecular flexibility index (Phi) is 3.26. The minimum atomic E-state index is -0.605. The summed E-state index contributed by atoms with van der Waals surface area (Å²) >= 11 is 0. The highest BCUT2D eigenvalue weighted by Gasteiger charge is 2.23. The van der Waals surface area contributed by atoms with Crippen molar-refractivity contribution in [1.29, 1.82) is 0 Å². The van der Waals surface area contributed by atoms with Gasteiger partial charge in [0.05, 0.1) is 10.2 Å². The van der Waals surface area contributed by atoms with Crippen LogP contribution in [0.3, 0.4) is 0 Å². The van der Waals surface area contributed by atoms with Gasteiger partial charge in [0.15, 0.2) is 0 Å². The van der Waals surface area contributed by atoms with Crippen molar-refractivity contribution in [2.45, 2.75) is 26.4 Å². The molecule has 2 nitrogen and oxygen atoms in total. The predicted molar refractivity (Wildman–Crippen MR) is 74.1 cm³/mol. The summed E-state index contributed by atoms with van der Waals surface area (Å²) in [5.41, 5.74) is 0.388. The lowest BCUT2D eigenvalue weighted by Crippen LogP contribution is -2.24. The zero-order chi connectivity index (χ0) is 13.3. The van der Waals surface area contributed by atoms with Crippen LogP contribution in [0, 0.1) is 0 Å². The standard InChI is InChI=1S/C15H15O2Si/c1-10(16)17-15(2,3)13-6-4-12-9-14(18)7-5-11(12)8-13/h4-9H,1-3H3. The first-order valence-electron chi connectivity index (χ1n) is 5.84. The van der Waals surface area contributed by atoms with Crippen LogP contribution >= 0.6 is 0 Å². The van der Waals surface area contributed by atoms with E-state index in [0.29, 0.717) is 0 Å². The molecule has 0 heterocycles. The molecule has 0 unspecified atom stereocenters. The summed E-state index contributed by atoms with van der Waals surface area (Å²) in [5, 5.41) is 3.34. The van der Waals surface area contributed by atoms with Gasteiger partial charge in [0.2, 0.25) is 0 Å². The second-order valence-electron chi connectivity index (χ2n) is 4.88. The molecule has 0 aliphatic rings. The largest absolute Gasteiger partial charge is 0.455 e. The molecule has 91 valence electrons. The molecule has 0 N–H and O–H groups in total. The average Bonchev–Trinajstić information content (AvgIpc) is 2.26. The number of fused-ring (bicyclic) bond motifs is 1. The van der Waals surface area contributed by atoms with Crippen molar-refractivity contribution in [3.05, 3.63) is 42.0 Å². The molecular formula is C15H15O2Si. The van der Waals surface area contributed by atoms with Gasteiger partial charge in [-0.15, -0.1) is 0 Å². The van der Waals surface area contributed by atoms with E-state index in [4.69, 9.17) is 4.74 Å². The molecule has 3 heteroatoms. The van der Waals surface area contributed by atoms with E-state index >= 15 is 0 Å². The molecule has 2 aromatic rings. The molecule has 18 heavy (non-hydrogen) atoms. The molecular weight excluding hydrogens is 240 g/mol. The second-order valence-corrected chi connectivity index (χ2v) is 5.46. The molecule has 0 atom stereocenters. The number of benzene rings is 2. The fraction of sp³-hybridized carbons (Fsp3) is 0.267. The number of carbonyl (C=O) groups excluding carboxylic acids is 1. The van der Waals surface area contributed by atoms with Gasteiger partial charge in [-0.05, 0) is 36.2 Å². The molecule has 2 aromatic carbocycles. The first-order valence-corrected chi connectivity index (χ1v) is 6.34. The van der Waals surface area contributed by atoms with Gasteiger partial charge in [0.1, 0.15) is 5.60 Å². The fourth-order valence-corrected chi connectivity index (χ4v) is 2.28. The smallest absolute Gasteiger partial charge is 0.303 e. The van der Waals surface area contributed by atoms with Crippen LogP contribution in [-0.2, 0) is 15.1 Å². The van der Waals surface area contributed by atoms with Crippen molar-refractivity contribution in [3.63, 3.8) is 0 Å². The lowest BCUT2D eigenvalue weighted by atomic mass is 9.95. The highest BCUT2D eigenvalue weighted by Crippen LogP contribution is 2.27. The van der Waals surface area contributed by atoms with Crippen molar-refractivity contribution < 1.29 is 9.53 Å². The van der Waals surface area contributed by atoms with Crippen molar-refractivity contribution in [3.8, 4) is 0 Å².